The van der Waals surface area contributed by atoms with Gasteiger partial charge in [0.25, 0.3) is 5.91 Å². The Bertz CT molecular complexity index is 627. The molecule has 3 rings (SSSR count). The number of methoxy groups -OCH3 is 1. The Morgan fingerprint density at radius 2 is 1.56 bits per heavy atom. The highest BCUT2D eigenvalue weighted by Gasteiger charge is 2.39. The predicted molar refractivity (Wildman–Crippen MR) is 99.6 cm³/mol. The smallest absolute Gasteiger partial charge is 0.252 e. The van der Waals surface area contributed by atoms with Crippen molar-refractivity contribution < 1.29 is 9.53 Å². The Morgan fingerprint density at radius 1 is 1.04 bits per heavy atom. The highest BCUT2D eigenvalue weighted by molar-refractivity contribution is 5.85. The number of benzene rings is 2. The summed E-state index contributed by atoms with van der Waals surface area (Å²) in [6, 6.07) is 20.6. The van der Waals surface area contributed by atoms with E-state index in [1.807, 2.05) is 36.4 Å². The van der Waals surface area contributed by atoms with Crippen molar-refractivity contribution in [2.45, 2.75) is 24.4 Å². The molecular weight excluding hydrogens is 312 g/mol. The van der Waals surface area contributed by atoms with Crippen molar-refractivity contribution in [1.29, 1.82) is 0 Å². The largest absolute Gasteiger partial charge is 0.368 e. The summed E-state index contributed by atoms with van der Waals surface area (Å²) < 4.78 is 5.63. The number of hydrogen-bond acceptors (Lipinski definition) is 3. The van der Waals surface area contributed by atoms with E-state index < -0.39 is 5.60 Å². The number of hydrogen-bond donors (Lipinski definition) is 2. The maximum Gasteiger partial charge on any atom is 0.252 e. The predicted octanol–water partition coefficient (Wildman–Crippen LogP) is 2.70. The summed E-state index contributed by atoms with van der Waals surface area (Å²) in [5.74, 6) is 0.121. The van der Waals surface area contributed by atoms with Crippen LogP contribution in [0.4, 0.5) is 0 Å². The van der Waals surface area contributed by atoms with Crippen LogP contribution in [-0.2, 0) is 9.53 Å². The minimum absolute atomic E-state index is 0.00615. The van der Waals surface area contributed by atoms with E-state index >= 15 is 0 Å². The molecule has 1 saturated heterocycles. The van der Waals surface area contributed by atoms with Crippen molar-refractivity contribution in [1.82, 2.24) is 10.6 Å². The first-order chi connectivity index (χ1) is 12.2. The van der Waals surface area contributed by atoms with Crippen LogP contribution in [0, 0.1) is 0 Å². The second-order valence-electron chi connectivity index (χ2n) is 6.53. The highest BCUT2D eigenvalue weighted by Crippen LogP contribution is 2.26. The van der Waals surface area contributed by atoms with E-state index in [2.05, 4.69) is 34.9 Å². The van der Waals surface area contributed by atoms with Gasteiger partial charge in [0.15, 0.2) is 0 Å². The lowest BCUT2D eigenvalue weighted by molar-refractivity contribution is -0.146. The second-order valence-corrected chi connectivity index (χ2v) is 6.53. The van der Waals surface area contributed by atoms with Crippen LogP contribution < -0.4 is 10.6 Å². The molecule has 0 aromatic heterocycles. The van der Waals surface area contributed by atoms with E-state index in [0.717, 1.165) is 13.1 Å². The molecule has 1 aliphatic heterocycles. The lowest BCUT2D eigenvalue weighted by atomic mass is 9.89. The average Bonchev–Trinajstić information content (AvgIpc) is 2.70. The minimum Gasteiger partial charge on any atom is -0.368 e. The Kier molecular flexibility index (Phi) is 5.84. The van der Waals surface area contributed by atoms with Gasteiger partial charge in [-0.25, -0.2) is 0 Å². The Morgan fingerprint density at radius 3 is 2.04 bits per heavy atom. The molecule has 0 unspecified atom stereocenters. The highest BCUT2D eigenvalue weighted by atomic mass is 16.5. The zero-order valence-corrected chi connectivity index (χ0v) is 14.7. The molecule has 4 heteroatoms. The summed E-state index contributed by atoms with van der Waals surface area (Å²) in [5, 5.41) is 6.43. The number of ether oxygens (including phenoxy) is 1. The molecule has 1 aliphatic rings. The lowest BCUT2D eigenvalue weighted by Gasteiger charge is -2.35. The van der Waals surface area contributed by atoms with Gasteiger partial charge < -0.3 is 15.4 Å². The second kappa shape index (κ2) is 8.28. The van der Waals surface area contributed by atoms with Crippen LogP contribution in [-0.4, -0.2) is 38.3 Å². The van der Waals surface area contributed by atoms with Crippen LogP contribution in [0.2, 0.25) is 0 Å². The number of nitrogens with one attached hydrogen (secondary N) is 2. The Labute approximate surface area is 149 Å². The standard InChI is InChI=1S/C21H26N2O2/c1-25-21(12-14-22-15-13-21)20(24)23-16-19(17-8-4-2-5-9-17)18-10-6-3-7-11-18/h2-11,19,22H,12-16H2,1H3,(H,23,24). The van der Waals surface area contributed by atoms with E-state index in [-0.39, 0.29) is 11.8 Å². The summed E-state index contributed by atoms with van der Waals surface area (Å²) in [6.45, 7) is 2.18. The molecule has 2 aromatic rings. The monoisotopic (exact) mass is 338 g/mol. The molecule has 2 aromatic carbocycles. The number of carbonyl (C=O) groups is 1. The van der Waals surface area contributed by atoms with Gasteiger partial charge >= 0.3 is 0 Å². The Hall–Kier alpha value is -2.17. The third-order valence-electron chi connectivity index (χ3n) is 5.09. The molecule has 0 saturated carbocycles. The number of carbonyl (C=O) groups excluding carboxylic acids is 1. The van der Waals surface area contributed by atoms with Gasteiger partial charge in [0.05, 0.1) is 0 Å². The maximum absolute atomic E-state index is 12.9. The minimum atomic E-state index is -0.705. The normalized spacial score (nSPS) is 16.6. The summed E-state index contributed by atoms with van der Waals surface area (Å²) in [7, 11) is 1.64. The zero-order chi connectivity index (χ0) is 17.5. The molecule has 4 nitrogen and oxygen atoms in total. The van der Waals surface area contributed by atoms with Crippen LogP contribution in [0.25, 0.3) is 0 Å². The molecule has 25 heavy (non-hydrogen) atoms. The molecule has 132 valence electrons. The first kappa shape index (κ1) is 17.6. The van der Waals surface area contributed by atoms with Crippen molar-refractivity contribution in [3.63, 3.8) is 0 Å². The quantitative estimate of drug-likeness (QED) is 0.851. The van der Waals surface area contributed by atoms with Gasteiger partial charge in [0.2, 0.25) is 0 Å². The molecule has 0 aliphatic carbocycles. The summed E-state index contributed by atoms with van der Waals surface area (Å²) in [6.07, 6.45) is 1.41. The summed E-state index contributed by atoms with van der Waals surface area (Å²) in [5.41, 5.74) is 1.69. The molecule has 1 heterocycles. The van der Waals surface area contributed by atoms with Gasteiger partial charge in [-0.1, -0.05) is 60.7 Å². The van der Waals surface area contributed by atoms with Crippen LogP contribution in [0.15, 0.2) is 60.7 Å². The van der Waals surface area contributed by atoms with E-state index in [9.17, 15) is 4.79 Å². The fraction of sp³-hybridized carbons (Fsp3) is 0.381. The van der Waals surface area contributed by atoms with Crippen molar-refractivity contribution in [2.24, 2.45) is 0 Å². The van der Waals surface area contributed by atoms with Gasteiger partial charge in [-0.15, -0.1) is 0 Å². The molecular formula is C21H26N2O2. The molecule has 2 N–H and O–H groups in total. The van der Waals surface area contributed by atoms with E-state index in [1.165, 1.54) is 11.1 Å². The van der Waals surface area contributed by atoms with Crippen LogP contribution in [0.1, 0.15) is 29.9 Å². The van der Waals surface area contributed by atoms with E-state index in [1.54, 1.807) is 7.11 Å². The fourth-order valence-electron chi connectivity index (χ4n) is 3.51. The molecule has 0 bridgehead atoms. The third kappa shape index (κ3) is 4.09. The SMILES string of the molecule is COC1(C(=O)NCC(c2ccccc2)c2ccccc2)CCNCC1. The maximum atomic E-state index is 12.9. The van der Waals surface area contributed by atoms with Gasteiger partial charge in [-0.2, -0.15) is 0 Å². The topological polar surface area (TPSA) is 50.4 Å². The van der Waals surface area contributed by atoms with Crippen molar-refractivity contribution >= 4 is 5.91 Å². The van der Waals surface area contributed by atoms with E-state index in [0.29, 0.717) is 19.4 Å². The van der Waals surface area contributed by atoms with Crippen molar-refractivity contribution in [3.8, 4) is 0 Å². The first-order valence-electron chi connectivity index (χ1n) is 8.89. The van der Waals surface area contributed by atoms with Crippen molar-refractivity contribution in [2.75, 3.05) is 26.7 Å². The fourth-order valence-corrected chi connectivity index (χ4v) is 3.51. The number of amides is 1. The number of rotatable bonds is 6. The summed E-state index contributed by atoms with van der Waals surface area (Å²) in [4.78, 5) is 12.9. The molecule has 1 fully saturated rings. The molecule has 0 spiro atoms. The number of piperidine rings is 1. The Balaban J connectivity index is 1.76. The zero-order valence-electron chi connectivity index (χ0n) is 14.7. The first-order valence-corrected chi connectivity index (χ1v) is 8.89. The van der Waals surface area contributed by atoms with Crippen LogP contribution in [0.3, 0.4) is 0 Å². The van der Waals surface area contributed by atoms with Gasteiger partial charge in [-0.05, 0) is 37.1 Å². The third-order valence-corrected chi connectivity index (χ3v) is 5.09. The lowest BCUT2D eigenvalue weighted by Crippen LogP contribution is -2.54. The van der Waals surface area contributed by atoms with Gasteiger partial charge in [-0.3, -0.25) is 4.79 Å². The summed E-state index contributed by atoms with van der Waals surface area (Å²) >= 11 is 0. The van der Waals surface area contributed by atoms with E-state index in [4.69, 9.17) is 4.74 Å². The molecule has 0 radical (unpaired) electrons. The average molecular weight is 338 g/mol. The van der Waals surface area contributed by atoms with Gasteiger partial charge in [0.1, 0.15) is 5.60 Å². The molecule has 1 amide bonds. The van der Waals surface area contributed by atoms with Crippen LogP contribution >= 0.6 is 0 Å². The van der Waals surface area contributed by atoms with Crippen molar-refractivity contribution in [3.05, 3.63) is 71.8 Å². The van der Waals surface area contributed by atoms with Crippen LogP contribution in [0.5, 0.6) is 0 Å². The molecule has 0 atom stereocenters. The van der Waals surface area contributed by atoms with Gasteiger partial charge in [0, 0.05) is 19.6 Å².